The molecule has 3 N–H and O–H groups in total. The zero-order chi connectivity index (χ0) is 14.6. The monoisotopic (exact) mass is 268 g/mol. The van der Waals surface area contributed by atoms with Crippen LogP contribution in [0.4, 0.5) is 0 Å². The van der Waals surface area contributed by atoms with Crippen molar-refractivity contribution in [3.8, 4) is 0 Å². The summed E-state index contributed by atoms with van der Waals surface area (Å²) in [5, 5.41) is 3.10. The lowest BCUT2D eigenvalue weighted by Crippen LogP contribution is -2.56. The molecule has 0 aliphatic rings. The minimum absolute atomic E-state index is 0.132. The molecule has 0 fully saturated rings. The van der Waals surface area contributed by atoms with Crippen LogP contribution in [-0.2, 0) is 4.79 Å². The Bertz CT molecular complexity index is 529. The number of primary amides is 1. The van der Waals surface area contributed by atoms with Gasteiger partial charge in [0.15, 0.2) is 0 Å². The van der Waals surface area contributed by atoms with Gasteiger partial charge in [0.25, 0.3) is 0 Å². The standard InChI is InChI=1S/C17H20N2O/c1-17(19-2,16(18)20)15(13-9-5-3-6-10-13)14-11-7-4-8-12-14/h3-12,15,19H,1-2H3,(H2,18,20). The molecule has 2 aromatic rings. The maximum atomic E-state index is 12.0. The van der Waals surface area contributed by atoms with Gasteiger partial charge >= 0.3 is 0 Å². The highest BCUT2D eigenvalue weighted by atomic mass is 16.1. The Labute approximate surface area is 119 Å². The second kappa shape index (κ2) is 5.88. The number of hydrogen-bond acceptors (Lipinski definition) is 2. The van der Waals surface area contributed by atoms with E-state index in [-0.39, 0.29) is 11.8 Å². The van der Waals surface area contributed by atoms with Gasteiger partial charge in [0.1, 0.15) is 5.54 Å². The van der Waals surface area contributed by atoms with E-state index in [4.69, 9.17) is 5.73 Å². The summed E-state index contributed by atoms with van der Waals surface area (Å²) in [5.74, 6) is -0.495. The lowest BCUT2D eigenvalue weighted by molar-refractivity contribution is -0.124. The summed E-state index contributed by atoms with van der Waals surface area (Å²) < 4.78 is 0. The normalized spacial score (nSPS) is 13.9. The average molecular weight is 268 g/mol. The predicted octanol–water partition coefficient (Wildman–Crippen LogP) is 2.28. The summed E-state index contributed by atoms with van der Waals surface area (Å²) in [7, 11) is 1.77. The Morgan fingerprint density at radius 1 is 1.00 bits per heavy atom. The number of nitrogens with two attached hydrogens (primary N) is 1. The van der Waals surface area contributed by atoms with E-state index in [1.54, 1.807) is 7.05 Å². The molecule has 0 spiro atoms. The van der Waals surface area contributed by atoms with Crippen molar-refractivity contribution in [3.63, 3.8) is 0 Å². The zero-order valence-corrected chi connectivity index (χ0v) is 11.8. The van der Waals surface area contributed by atoms with Crippen LogP contribution < -0.4 is 11.1 Å². The number of likely N-dealkylation sites (N-methyl/N-ethyl adjacent to an activating group) is 1. The fourth-order valence-electron chi connectivity index (χ4n) is 2.56. The molecule has 1 unspecified atom stereocenters. The van der Waals surface area contributed by atoms with Crippen LogP contribution in [0, 0.1) is 0 Å². The molecule has 0 heterocycles. The molecule has 1 atom stereocenters. The minimum Gasteiger partial charge on any atom is -0.368 e. The lowest BCUT2D eigenvalue weighted by atomic mass is 9.75. The lowest BCUT2D eigenvalue weighted by Gasteiger charge is -2.35. The molecule has 0 aliphatic heterocycles. The highest BCUT2D eigenvalue weighted by Gasteiger charge is 2.40. The van der Waals surface area contributed by atoms with E-state index in [1.807, 2.05) is 67.6 Å². The van der Waals surface area contributed by atoms with Gasteiger partial charge in [-0.25, -0.2) is 0 Å². The Morgan fingerprint density at radius 2 is 1.40 bits per heavy atom. The van der Waals surface area contributed by atoms with Crippen molar-refractivity contribution < 1.29 is 4.79 Å². The van der Waals surface area contributed by atoms with Crippen molar-refractivity contribution in [2.75, 3.05) is 7.05 Å². The molecular formula is C17H20N2O. The molecule has 2 aromatic carbocycles. The van der Waals surface area contributed by atoms with Gasteiger partial charge in [-0.2, -0.15) is 0 Å². The van der Waals surface area contributed by atoms with Crippen molar-refractivity contribution in [2.45, 2.75) is 18.4 Å². The van der Waals surface area contributed by atoms with Gasteiger partial charge in [0, 0.05) is 5.92 Å². The van der Waals surface area contributed by atoms with Crippen LogP contribution >= 0.6 is 0 Å². The fraction of sp³-hybridized carbons (Fsp3) is 0.235. The van der Waals surface area contributed by atoms with Crippen LogP contribution in [0.2, 0.25) is 0 Å². The van der Waals surface area contributed by atoms with Crippen LogP contribution in [0.25, 0.3) is 0 Å². The molecule has 3 nitrogen and oxygen atoms in total. The number of carbonyl (C=O) groups is 1. The Morgan fingerprint density at radius 3 is 1.70 bits per heavy atom. The minimum atomic E-state index is -0.845. The molecule has 0 aliphatic carbocycles. The van der Waals surface area contributed by atoms with Gasteiger partial charge in [-0.05, 0) is 25.1 Å². The number of carbonyl (C=O) groups excluding carboxylic acids is 1. The topological polar surface area (TPSA) is 55.1 Å². The van der Waals surface area contributed by atoms with E-state index in [9.17, 15) is 4.79 Å². The summed E-state index contributed by atoms with van der Waals surface area (Å²) in [6.45, 7) is 1.85. The third-order valence-electron chi connectivity index (χ3n) is 3.87. The Hall–Kier alpha value is -2.13. The van der Waals surface area contributed by atoms with Crippen molar-refractivity contribution in [3.05, 3.63) is 71.8 Å². The van der Waals surface area contributed by atoms with E-state index in [0.717, 1.165) is 11.1 Å². The van der Waals surface area contributed by atoms with Gasteiger partial charge in [-0.15, -0.1) is 0 Å². The number of nitrogens with one attached hydrogen (secondary N) is 1. The molecule has 1 amide bonds. The first-order chi connectivity index (χ1) is 9.59. The molecule has 0 saturated heterocycles. The molecule has 20 heavy (non-hydrogen) atoms. The largest absolute Gasteiger partial charge is 0.368 e. The van der Waals surface area contributed by atoms with Crippen LogP contribution in [0.3, 0.4) is 0 Å². The zero-order valence-electron chi connectivity index (χ0n) is 11.8. The maximum absolute atomic E-state index is 12.0. The molecule has 2 rings (SSSR count). The SMILES string of the molecule is CNC(C)(C(N)=O)C(c1ccccc1)c1ccccc1. The smallest absolute Gasteiger partial charge is 0.238 e. The highest BCUT2D eigenvalue weighted by Crippen LogP contribution is 2.34. The summed E-state index contributed by atoms with van der Waals surface area (Å²) in [6, 6.07) is 19.9. The van der Waals surface area contributed by atoms with E-state index in [0.29, 0.717) is 0 Å². The average Bonchev–Trinajstić information content (AvgIpc) is 2.49. The fourth-order valence-corrected chi connectivity index (χ4v) is 2.56. The Kier molecular flexibility index (Phi) is 4.20. The first kappa shape index (κ1) is 14.3. The van der Waals surface area contributed by atoms with Crippen molar-refractivity contribution in [1.82, 2.24) is 5.32 Å². The predicted molar refractivity (Wildman–Crippen MR) is 81.4 cm³/mol. The molecule has 0 bridgehead atoms. The quantitative estimate of drug-likeness (QED) is 0.874. The number of rotatable bonds is 5. The van der Waals surface area contributed by atoms with E-state index in [1.165, 1.54) is 0 Å². The summed E-state index contributed by atoms with van der Waals surface area (Å²) >= 11 is 0. The second-order valence-corrected chi connectivity index (χ2v) is 5.07. The van der Waals surface area contributed by atoms with Crippen molar-refractivity contribution in [2.24, 2.45) is 5.73 Å². The first-order valence-corrected chi connectivity index (χ1v) is 6.68. The molecule has 0 radical (unpaired) electrons. The third-order valence-corrected chi connectivity index (χ3v) is 3.87. The Balaban J connectivity index is 2.59. The second-order valence-electron chi connectivity index (χ2n) is 5.07. The van der Waals surface area contributed by atoms with Crippen molar-refractivity contribution in [1.29, 1.82) is 0 Å². The van der Waals surface area contributed by atoms with Crippen LogP contribution in [0.5, 0.6) is 0 Å². The molecule has 104 valence electrons. The summed E-state index contributed by atoms with van der Waals surface area (Å²) in [5.41, 5.74) is 6.94. The molecule has 0 aromatic heterocycles. The van der Waals surface area contributed by atoms with Gasteiger partial charge in [-0.3, -0.25) is 4.79 Å². The number of amides is 1. The first-order valence-electron chi connectivity index (χ1n) is 6.68. The third kappa shape index (κ3) is 2.58. The highest BCUT2D eigenvalue weighted by molar-refractivity contribution is 5.86. The van der Waals surface area contributed by atoms with E-state index >= 15 is 0 Å². The van der Waals surface area contributed by atoms with Gasteiger partial charge in [0.2, 0.25) is 5.91 Å². The van der Waals surface area contributed by atoms with Gasteiger partial charge in [0.05, 0.1) is 0 Å². The van der Waals surface area contributed by atoms with Crippen LogP contribution in [0.15, 0.2) is 60.7 Å². The summed E-state index contributed by atoms with van der Waals surface area (Å²) in [6.07, 6.45) is 0. The molecule has 3 heteroatoms. The van der Waals surface area contributed by atoms with Crippen LogP contribution in [0.1, 0.15) is 24.0 Å². The summed E-state index contributed by atoms with van der Waals surface area (Å²) in [4.78, 5) is 12.0. The number of benzene rings is 2. The van der Waals surface area contributed by atoms with E-state index < -0.39 is 5.54 Å². The molecule has 0 saturated carbocycles. The molecular weight excluding hydrogens is 248 g/mol. The van der Waals surface area contributed by atoms with E-state index in [2.05, 4.69) is 5.32 Å². The van der Waals surface area contributed by atoms with Gasteiger partial charge < -0.3 is 11.1 Å². The van der Waals surface area contributed by atoms with Crippen molar-refractivity contribution >= 4 is 5.91 Å². The van der Waals surface area contributed by atoms with Gasteiger partial charge in [-0.1, -0.05) is 60.7 Å². The number of hydrogen-bond donors (Lipinski definition) is 2. The maximum Gasteiger partial charge on any atom is 0.238 e. The van der Waals surface area contributed by atoms with Crippen LogP contribution in [-0.4, -0.2) is 18.5 Å².